The highest BCUT2D eigenvalue weighted by Crippen LogP contribution is 2.22. The fraction of sp³-hybridized carbons (Fsp3) is 0.118. The van der Waals surface area contributed by atoms with E-state index >= 15 is 0 Å². The minimum atomic E-state index is -0.699. The third-order valence-corrected chi connectivity index (χ3v) is 4.07. The topological polar surface area (TPSA) is 114 Å². The number of hydrogen-bond donors (Lipinski definition) is 3. The molecule has 0 aliphatic heterocycles. The second-order valence-electron chi connectivity index (χ2n) is 5.15. The lowest BCUT2D eigenvalue weighted by atomic mass is 10.1. The van der Waals surface area contributed by atoms with Crippen LogP contribution in [0.15, 0.2) is 58.1 Å². The molecule has 3 rings (SSSR count). The number of fused-ring (bicyclic) bond motifs is 1. The molecule has 26 heavy (non-hydrogen) atoms. The molecule has 1 heterocycles. The van der Waals surface area contributed by atoms with Gasteiger partial charge in [-0.2, -0.15) is 0 Å². The van der Waals surface area contributed by atoms with Crippen LogP contribution in [0.3, 0.4) is 0 Å². The Morgan fingerprint density at radius 2 is 1.96 bits per heavy atom. The number of ether oxygens (including phenoxy) is 1. The first-order valence-electron chi connectivity index (χ1n) is 7.64. The van der Waals surface area contributed by atoms with Crippen LogP contribution < -0.4 is 15.5 Å². The second kappa shape index (κ2) is 8.37. The molecule has 2 aromatic carbocycles. The third kappa shape index (κ3) is 4.52. The minimum Gasteiger partial charge on any atom is -0.474 e. The van der Waals surface area contributed by atoms with E-state index in [-0.39, 0.29) is 30.0 Å². The second-order valence-corrected chi connectivity index (χ2v) is 6.13. The van der Waals surface area contributed by atoms with E-state index in [4.69, 9.17) is 14.5 Å². The van der Waals surface area contributed by atoms with Gasteiger partial charge in [-0.3, -0.25) is 14.8 Å². The zero-order valence-electron chi connectivity index (χ0n) is 13.5. The number of amides is 2. The summed E-state index contributed by atoms with van der Waals surface area (Å²) < 4.78 is 10.2. The number of rotatable bonds is 6. The summed E-state index contributed by atoms with van der Waals surface area (Å²) in [6, 6.07) is 14.7. The first-order chi connectivity index (χ1) is 12.7. The number of nitrogens with one attached hydrogen (secondary N) is 2. The maximum Gasteiger partial charge on any atom is 0.310 e. The Labute approximate surface area is 152 Å². The summed E-state index contributed by atoms with van der Waals surface area (Å²) in [7, 11) is 0. The molecule has 0 unspecified atom stereocenters. The maximum atomic E-state index is 12.2. The average Bonchev–Trinajstić information content (AvgIpc) is 3.11. The third-order valence-electron chi connectivity index (χ3n) is 3.40. The van der Waals surface area contributed by atoms with Crippen molar-refractivity contribution >= 4 is 33.7 Å². The fourth-order valence-corrected chi connectivity index (χ4v) is 2.69. The van der Waals surface area contributed by atoms with Gasteiger partial charge in [-0.1, -0.05) is 30.3 Å². The number of benzene rings is 2. The molecular formula is C17H15N3O5S. The molecule has 0 bridgehead atoms. The number of aromatic nitrogens is 1. The molecule has 9 heteroatoms. The zero-order chi connectivity index (χ0) is 18.4. The van der Waals surface area contributed by atoms with E-state index in [1.807, 2.05) is 36.4 Å². The lowest BCUT2D eigenvalue weighted by Gasteiger charge is -2.06. The number of nitrogens with zero attached hydrogens (tertiary/aromatic N) is 1. The van der Waals surface area contributed by atoms with E-state index in [1.54, 1.807) is 6.07 Å². The molecular weight excluding hydrogens is 358 g/mol. The van der Waals surface area contributed by atoms with E-state index in [2.05, 4.69) is 10.5 Å². The van der Waals surface area contributed by atoms with Crippen molar-refractivity contribution in [1.29, 1.82) is 0 Å². The van der Waals surface area contributed by atoms with Gasteiger partial charge >= 0.3 is 5.24 Å². The van der Waals surface area contributed by atoms with Crippen molar-refractivity contribution in [1.82, 2.24) is 16.0 Å². The van der Waals surface area contributed by atoms with E-state index in [1.165, 1.54) is 11.5 Å². The Morgan fingerprint density at radius 1 is 1.15 bits per heavy atom. The molecule has 0 radical (unpaired) electrons. The van der Waals surface area contributed by atoms with Crippen LogP contribution >= 0.6 is 11.8 Å². The van der Waals surface area contributed by atoms with Crippen LogP contribution in [0.4, 0.5) is 4.79 Å². The van der Waals surface area contributed by atoms with Crippen molar-refractivity contribution in [3.8, 4) is 5.88 Å². The molecule has 0 saturated heterocycles. The van der Waals surface area contributed by atoms with Crippen LogP contribution in [0.25, 0.3) is 10.8 Å². The standard InChI is InChI=1S/C17H15N3O5S/c21-16(13-6-5-11-3-1-2-4-12(11)9-13)18-7-8-24-14-10-15(25-20-14)26-17(22)19-23/h1-6,9-10,23H,7-8H2,(H,18,21)(H,19,22). The number of hydroxylamine groups is 1. The maximum absolute atomic E-state index is 12.2. The monoisotopic (exact) mass is 373 g/mol. The van der Waals surface area contributed by atoms with Crippen LogP contribution in [-0.4, -0.2) is 34.7 Å². The molecule has 3 aromatic rings. The van der Waals surface area contributed by atoms with Gasteiger partial charge in [0.05, 0.1) is 12.6 Å². The van der Waals surface area contributed by atoms with E-state index < -0.39 is 5.24 Å². The molecule has 0 fully saturated rings. The first-order valence-corrected chi connectivity index (χ1v) is 8.46. The van der Waals surface area contributed by atoms with Gasteiger partial charge in [0.2, 0.25) is 5.09 Å². The van der Waals surface area contributed by atoms with Gasteiger partial charge in [0.15, 0.2) is 0 Å². The molecule has 0 aliphatic rings. The quantitative estimate of drug-likeness (QED) is 0.263. The van der Waals surface area contributed by atoms with Crippen LogP contribution in [-0.2, 0) is 0 Å². The van der Waals surface area contributed by atoms with Crippen molar-refractivity contribution in [2.45, 2.75) is 5.09 Å². The Morgan fingerprint density at radius 3 is 2.77 bits per heavy atom. The van der Waals surface area contributed by atoms with Gasteiger partial charge in [0, 0.05) is 17.3 Å². The number of carbonyl (C=O) groups excluding carboxylic acids is 2. The van der Waals surface area contributed by atoms with Gasteiger partial charge in [-0.25, -0.2) is 5.48 Å². The van der Waals surface area contributed by atoms with Gasteiger partial charge in [0.1, 0.15) is 6.61 Å². The summed E-state index contributed by atoms with van der Waals surface area (Å²) in [4.78, 5) is 23.2. The Kier molecular flexibility index (Phi) is 5.72. The van der Waals surface area contributed by atoms with Crippen molar-refractivity contribution in [2.24, 2.45) is 0 Å². The first kappa shape index (κ1) is 17.8. The molecule has 0 aliphatic carbocycles. The lowest BCUT2D eigenvalue weighted by Crippen LogP contribution is -2.28. The van der Waals surface area contributed by atoms with Crippen molar-refractivity contribution in [2.75, 3.05) is 13.2 Å². The van der Waals surface area contributed by atoms with Crippen molar-refractivity contribution in [3.05, 3.63) is 54.1 Å². The lowest BCUT2D eigenvalue weighted by molar-refractivity contribution is 0.0946. The van der Waals surface area contributed by atoms with Gasteiger partial charge in [0.25, 0.3) is 11.8 Å². The number of thioether (sulfide) groups is 1. The average molecular weight is 373 g/mol. The van der Waals surface area contributed by atoms with E-state index in [0.29, 0.717) is 17.3 Å². The molecule has 8 nitrogen and oxygen atoms in total. The summed E-state index contributed by atoms with van der Waals surface area (Å²) >= 11 is 0.628. The Hall–Kier alpha value is -3.04. The molecule has 134 valence electrons. The molecule has 3 N–H and O–H groups in total. The highest BCUT2D eigenvalue weighted by molar-refractivity contribution is 8.13. The molecule has 2 amide bonds. The van der Waals surface area contributed by atoms with Crippen molar-refractivity contribution in [3.63, 3.8) is 0 Å². The normalized spacial score (nSPS) is 10.5. The molecule has 0 spiro atoms. The summed E-state index contributed by atoms with van der Waals surface area (Å²) in [6.45, 7) is 0.459. The van der Waals surface area contributed by atoms with Gasteiger partial charge in [-0.05, 0) is 28.1 Å². The van der Waals surface area contributed by atoms with Crippen LogP contribution in [0.2, 0.25) is 0 Å². The molecule has 0 saturated carbocycles. The zero-order valence-corrected chi connectivity index (χ0v) is 14.3. The highest BCUT2D eigenvalue weighted by atomic mass is 32.2. The smallest absolute Gasteiger partial charge is 0.310 e. The fourth-order valence-electron chi connectivity index (χ4n) is 2.23. The van der Waals surface area contributed by atoms with Crippen LogP contribution in [0.5, 0.6) is 5.88 Å². The van der Waals surface area contributed by atoms with E-state index in [0.717, 1.165) is 10.8 Å². The molecule has 1 aromatic heterocycles. The molecule has 0 atom stereocenters. The van der Waals surface area contributed by atoms with Crippen molar-refractivity contribution < 1.29 is 24.1 Å². The number of hydrogen-bond acceptors (Lipinski definition) is 7. The summed E-state index contributed by atoms with van der Waals surface area (Å²) in [5.74, 6) is -0.0199. The number of carbonyl (C=O) groups is 2. The van der Waals surface area contributed by atoms with Crippen LogP contribution in [0, 0.1) is 0 Å². The van der Waals surface area contributed by atoms with Crippen LogP contribution in [0.1, 0.15) is 10.4 Å². The predicted octanol–water partition coefficient (Wildman–Crippen LogP) is 2.83. The van der Waals surface area contributed by atoms with Gasteiger partial charge in [-0.15, -0.1) is 0 Å². The summed E-state index contributed by atoms with van der Waals surface area (Å²) in [5.41, 5.74) is 2.03. The summed E-state index contributed by atoms with van der Waals surface area (Å²) in [6.07, 6.45) is 0. The van der Waals surface area contributed by atoms with Gasteiger partial charge < -0.3 is 14.6 Å². The minimum absolute atomic E-state index is 0.173. The highest BCUT2D eigenvalue weighted by Gasteiger charge is 2.11. The Balaban J connectivity index is 1.47. The predicted molar refractivity (Wildman–Crippen MR) is 94.5 cm³/mol. The Bertz CT molecular complexity index is 927. The summed E-state index contributed by atoms with van der Waals surface area (Å²) in [5, 5.41) is 16.3. The largest absolute Gasteiger partial charge is 0.474 e. The van der Waals surface area contributed by atoms with E-state index in [9.17, 15) is 9.59 Å². The SMILES string of the molecule is O=C(NO)Sc1cc(OCCNC(=O)c2ccc3ccccc3c2)no1.